The molecule has 2 fully saturated rings. The zero-order valence-corrected chi connectivity index (χ0v) is 12.8. The number of carbonyl (C=O) groups excluding carboxylic acids is 3. The molecule has 6 heteroatoms. The molecule has 2 heterocycles. The van der Waals surface area contributed by atoms with Gasteiger partial charge in [0.15, 0.2) is 5.78 Å². The van der Waals surface area contributed by atoms with Crippen molar-refractivity contribution in [3.8, 4) is 0 Å². The summed E-state index contributed by atoms with van der Waals surface area (Å²) in [6.45, 7) is 0. The summed E-state index contributed by atoms with van der Waals surface area (Å²) < 4.78 is 15.8. The van der Waals surface area contributed by atoms with Crippen molar-refractivity contribution in [2.45, 2.75) is 50.2 Å². The van der Waals surface area contributed by atoms with Gasteiger partial charge >= 0.3 is 11.9 Å². The minimum atomic E-state index is -0.996. The molecule has 2 bridgehead atoms. The molecule has 3 unspecified atom stereocenters. The Balaban J connectivity index is 2.21. The molecular formula is C16H20O6. The number of hydrogen-bond acceptors (Lipinski definition) is 6. The van der Waals surface area contributed by atoms with Crippen LogP contribution >= 0.6 is 0 Å². The second-order valence-electron chi connectivity index (χ2n) is 6.11. The van der Waals surface area contributed by atoms with Gasteiger partial charge in [-0.2, -0.15) is 0 Å². The maximum atomic E-state index is 12.4. The highest BCUT2D eigenvalue weighted by atomic mass is 16.6. The molecule has 0 aromatic heterocycles. The van der Waals surface area contributed by atoms with Crippen LogP contribution in [0.5, 0.6) is 0 Å². The van der Waals surface area contributed by atoms with Gasteiger partial charge in [0.1, 0.15) is 11.7 Å². The van der Waals surface area contributed by atoms with Crippen LogP contribution in [0.3, 0.4) is 0 Å². The van der Waals surface area contributed by atoms with Gasteiger partial charge in [0.05, 0.1) is 25.4 Å². The number of carbonyl (C=O) groups is 3. The summed E-state index contributed by atoms with van der Waals surface area (Å²) >= 11 is 0. The van der Waals surface area contributed by atoms with Gasteiger partial charge in [0.25, 0.3) is 0 Å². The third kappa shape index (κ3) is 2.00. The minimum Gasteiger partial charge on any atom is -0.466 e. The smallest absolute Gasteiger partial charge is 0.337 e. The van der Waals surface area contributed by atoms with Crippen LogP contribution in [0.1, 0.15) is 38.5 Å². The van der Waals surface area contributed by atoms with Gasteiger partial charge in [-0.15, -0.1) is 0 Å². The van der Waals surface area contributed by atoms with E-state index >= 15 is 0 Å². The Morgan fingerprint density at radius 2 is 1.86 bits per heavy atom. The molecule has 22 heavy (non-hydrogen) atoms. The van der Waals surface area contributed by atoms with Crippen LogP contribution in [0.25, 0.3) is 0 Å². The van der Waals surface area contributed by atoms with Gasteiger partial charge in [-0.25, -0.2) is 9.59 Å². The number of ether oxygens (including phenoxy) is 3. The summed E-state index contributed by atoms with van der Waals surface area (Å²) in [5.74, 6) is -1.37. The number of esters is 2. The number of ketones is 1. The summed E-state index contributed by atoms with van der Waals surface area (Å²) in [6, 6.07) is 0. The second-order valence-corrected chi connectivity index (χ2v) is 6.11. The maximum absolute atomic E-state index is 12.4. The van der Waals surface area contributed by atoms with Crippen molar-refractivity contribution < 1.29 is 28.6 Å². The SMILES string of the molecule is COC(=O)C1=C(C(=O)OC)C23CCCCC2CCC(=O)C1O3. The van der Waals surface area contributed by atoms with Crippen molar-refractivity contribution >= 4 is 17.7 Å². The van der Waals surface area contributed by atoms with Gasteiger partial charge in [-0.05, 0) is 25.2 Å². The van der Waals surface area contributed by atoms with Crippen LogP contribution in [0.4, 0.5) is 0 Å². The molecule has 1 saturated carbocycles. The standard InChI is InChI=1S/C16H20O6/c1-20-14(18)11-12(15(19)21-2)16-8-4-3-5-9(16)6-7-10(17)13(11)22-16/h9,13H,3-8H2,1-2H3. The quantitative estimate of drug-likeness (QED) is 0.716. The Morgan fingerprint density at radius 1 is 1.14 bits per heavy atom. The Kier molecular flexibility index (Phi) is 3.80. The Bertz CT molecular complexity index is 563. The number of Topliss-reactive ketones (excluding diaryl/α,β-unsaturated/α-hetero) is 1. The fourth-order valence-corrected chi connectivity index (χ4v) is 4.14. The summed E-state index contributed by atoms with van der Waals surface area (Å²) in [6.07, 6.45) is 3.50. The van der Waals surface area contributed by atoms with Crippen molar-refractivity contribution in [1.82, 2.24) is 0 Å². The summed E-state index contributed by atoms with van der Waals surface area (Å²) in [5, 5.41) is 0. The Labute approximate surface area is 128 Å². The predicted octanol–water partition coefficient (Wildman–Crippen LogP) is 1.32. The number of methoxy groups -OCH3 is 2. The van der Waals surface area contributed by atoms with E-state index in [4.69, 9.17) is 14.2 Å². The topological polar surface area (TPSA) is 78.9 Å². The molecular weight excluding hydrogens is 288 g/mol. The fraction of sp³-hybridized carbons (Fsp3) is 0.688. The highest BCUT2D eigenvalue weighted by Crippen LogP contribution is 2.53. The van der Waals surface area contributed by atoms with E-state index in [1.54, 1.807) is 0 Å². The van der Waals surface area contributed by atoms with E-state index in [2.05, 4.69) is 0 Å². The van der Waals surface area contributed by atoms with Crippen molar-refractivity contribution in [2.24, 2.45) is 5.92 Å². The van der Waals surface area contributed by atoms with E-state index in [1.807, 2.05) is 0 Å². The van der Waals surface area contributed by atoms with Crippen molar-refractivity contribution in [3.63, 3.8) is 0 Å². The third-order valence-electron chi connectivity index (χ3n) is 5.12. The van der Waals surface area contributed by atoms with Crippen molar-refractivity contribution in [2.75, 3.05) is 14.2 Å². The zero-order chi connectivity index (χ0) is 15.9. The minimum absolute atomic E-state index is 0.0472. The first-order chi connectivity index (χ1) is 10.5. The number of rotatable bonds is 2. The highest BCUT2D eigenvalue weighted by molar-refractivity contribution is 6.09. The summed E-state index contributed by atoms with van der Waals surface area (Å²) in [5.41, 5.74) is -0.610. The number of fused-ring (bicyclic) bond motifs is 1. The van der Waals surface area contributed by atoms with Crippen molar-refractivity contribution in [1.29, 1.82) is 0 Å². The van der Waals surface area contributed by atoms with Crippen LogP contribution in [0.2, 0.25) is 0 Å². The molecule has 3 aliphatic rings. The van der Waals surface area contributed by atoms with Gasteiger partial charge < -0.3 is 14.2 Å². The van der Waals surface area contributed by atoms with E-state index < -0.39 is 23.6 Å². The van der Waals surface area contributed by atoms with Crippen LogP contribution < -0.4 is 0 Å². The molecule has 1 spiro atoms. The first kappa shape index (κ1) is 15.2. The van der Waals surface area contributed by atoms with Crippen molar-refractivity contribution in [3.05, 3.63) is 11.1 Å². The normalized spacial score (nSPS) is 34.0. The van der Waals surface area contributed by atoms with E-state index in [-0.39, 0.29) is 22.8 Å². The lowest BCUT2D eigenvalue weighted by Crippen LogP contribution is -2.45. The second kappa shape index (κ2) is 5.50. The molecule has 0 aromatic carbocycles. The molecule has 1 aliphatic carbocycles. The summed E-state index contributed by atoms with van der Waals surface area (Å²) in [7, 11) is 2.51. The number of hydrogen-bond donors (Lipinski definition) is 0. The van der Waals surface area contributed by atoms with Gasteiger partial charge in [0, 0.05) is 6.42 Å². The Hall–Kier alpha value is -1.69. The molecule has 6 nitrogen and oxygen atoms in total. The van der Waals surface area contributed by atoms with Gasteiger partial charge in [0.2, 0.25) is 0 Å². The molecule has 0 N–H and O–H groups in total. The zero-order valence-electron chi connectivity index (χ0n) is 12.8. The summed E-state index contributed by atoms with van der Waals surface area (Å²) in [4.78, 5) is 37.0. The molecule has 0 radical (unpaired) electrons. The van der Waals surface area contributed by atoms with Crippen LogP contribution in [-0.2, 0) is 28.6 Å². The van der Waals surface area contributed by atoms with E-state index in [1.165, 1.54) is 14.2 Å². The Morgan fingerprint density at radius 3 is 2.55 bits per heavy atom. The largest absolute Gasteiger partial charge is 0.466 e. The molecule has 0 amide bonds. The maximum Gasteiger partial charge on any atom is 0.337 e. The van der Waals surface area contributed by atoms with E-state index in [0.29, 0.717) is 19.3 Å². The lowest BCUT2D eigenvalue weighted by Gasteiger charge is -2.41. The van der Waals surface area contributed by atoms with Gasteiger partial charge in [-0.3, -0.25) is 4.79 Å². The first-order valence-corrected chi connectivity index (χ1v) is 7.67. The molecule has 2 aliphatic heterocycles. The highest BCUT2D eigenvalue weighted by Gasteiger charge is 2.60. The van der Waals surface area contributed by atoms with E-state index in [0.717, 1.165) is 19.3 Å². The fourth-order valence-electron chi connectivity index (χ4n) is 4.14. The molecule has 3 rings (SSSR count). The average molecular weight is 308 g/mol. The van der Waals surface area contributed by atoms with Crippen LogP contribution in [0.15, 0.2) is 11.1 Å². The predicted molar refractivity (Wildman–Crippen MR) is 74.9 cm³/mol. The first-order valence-electron chi connectivity index (χ1n) is 7.67. The monoisotopic (exact) mass is 308 g/mol. The van der Waals surface area contributed by atoms with E-state index in [9.17, 15) is 14.4 Å². The van der Waals surface area contributed by atoms with Gasteiger partial charge in [-0.1, -0.05) is 12.8 Å². The molecule has 1 saturated heterocycles. The lowest BCUT2D eigenvalue weighted by molar-refractivity contribution is -0.146. The molecule has 120 valence electrons. The average Bonchev–Trinajstić information content (AvgIpc) is 2.79. The van der Waals surface area contributed by atoms with Crippen LogP contribution in [0, 0.1) is 5.92 Å². The molecule has 0 aromatic rings. The van der Waals surface area contributed by atoms with Crippen LogP contribution in [-0.4, -0.2) is 43.6 Å². The lowest BCUT2D eigenvalue weighted by atomic mass is 9.68. The molecule has 3 atom stereocenters. The third-order valence-corrected chi connectivity index (χ3v) is 5.12.